The van der Waals surface area contributed by atoms with Crippen molar-refractivity contribution in [2.45, 2.75) is 25.8 Å². The van der Waals surface area contributed by atoms with Crippen molar-refractivity contribution in [3.05, 3.63) is 29.3 Å². The Kier molecular flexibility index (Phi) is 3.46. The predicted octanol–water partition coefficient (Wildman–Crippen LogP) is 1.58. The molecule has 3 heteroatoms. The van der Waals surface area contributed by atoms with Crippen molar-refractivity contribution in [3.8, 4) is 0 Å². The van der Waals surface area contributed by atoms with Crippen molar-refractivity contribution in [3.63, 3.8) is 0 Å². The molecule has 0 amide bonds. The van der Waals surface area contributed by atoms with Gasteiger partial charge in [-0.05, 0) is 62.0 Å². The lowest BCUT2D eigenvalue weighted by Gasteiger charge is -2.30. The minimum atomic E-state index is 0.450. The van der Waals surface area contributed by atoms with Crippen LogP contribution >= 0.6 is 0 Å². The van der Waals surface area contributed by atoms with Crippen molar-refractivity contribution in [1.82, 2.24) is 5.32 Å². The highest BCUT2D eigenvalue weighted by molar-refractivity contribution is 5.45. The van der Waals surface area contributed by atoms with Crippen LogP contribution in [0.4, 0.5) is 5.69 Å². The van der Waals surface area contributed by atoms with Gasteiger partial charge in [-0.2, -0.15) is 0 Å². The largest absolute Gasteiger partial charge is 0.399 e. The van der Waals surface area contributed by atoms with E-state index in [9.17, 15) is 0 Å². The Morgan fingerprint density at radius 1 is 1.38 bits per heavy atom. The number of nitrogens with one attached hydrogen (secondary N) is 1. The van der Waals surface area contributed by atoms with Crippen LogP contribution in [0, 0.1) is 12.8 Å². The molecule has 0 saturated carbocycles. The lowest BCUT2D eigenvalue weighted by atomic mass is 9.89. The molecule has 1 saturated heterocycles. The number of benzene rings is 1. The van der Waals surface area contributed by atoms with E-state index in [-0.39, 0.29) is 0 Å². The van der Waals surface area contributed by atoms with Crippen LogP contribution in [0.1, 0.15) is 30.0 Å². The van der Waals surface area contributed by atoms with Gasteiger partial charge in [0.15, 0.2) is 0 Å². The number of anilines is 1. The van der Waals surface area contributed by atoms with Crippen LogP contribution in [-0.2, 0) is 0 Å². The van der Waals surface area contributed by atoms with Crippen LogP contribution in [0.25, 0.3) is 0 Å². The van der Waals surface area contributed by atoms with Crippen LogP contribution in [0.2, 0.25) is 0 Å². The number of rotatable bonds is 2. The third kappa shape index (κ3) is 2.36. The molecule has 2 unspecified atom stereocenters. The second kappa shape index (κ2) is 4.85. The van der Waals surface area contributed by atoms with Gasteiger partial charge in [-0.15, -0.1) is 0 Å². The summed E-state index contributed by atoms with van der Waals surface area (Å²) >= 11 is 0. The highest BCUT2D eigenvalue weighted by Crippen LogP contribution is 2.28. The first-order valence-electron chi connectivity index (χ1n) is 6.00. The SMILES string of the molecule is Cc1ccc(N)cc1C1CCC(CN)CN1. The lowest BCUT2D eigenvalue weighted by Crippen LogP contribution is -2.36. The van der Waals surface area contributed by atoms with Crippen LogP contribution < -0.4 is 16.8 Å². The molecule has 1 heterocycles. The van der Waals surface area contributed by atoms with Gasteiger partial charge in [-0.3, -0.25) is 0 Å². The van der Waals surface area contributed by atoms with Crippen LogP contribution in [0.15, 0.2) is 18.2 Å². The van der Waals surface area contributed by atoms with E-state index in [2.05, 4.69) is 24.4 Å². The van der Waals surface area contributed by atoms with E-state index >= 15 is 0 Å². The van der Waals surface area contributed by atoms with Gasteiger partial charge in [0.1, 0.15) is 0 Å². The molecule has 3 nitrogen and oxygen atoms in total. The fourth-order valence-corrected chi connectivity index (χ4v) is 2.42. The van der Waals surface area contributed by atoms with Crippen molar-refractivity contribution in [2.24, 2.45) is 11.7 Å². The zero-order valence-corrected chi connectivity index (χ0v) is 9.87. The normalized spacial score (nSPS) is 25.6. The maximum Gasteiger partial charge on any atom is 0.0323 e. The smallest absolute Gasteiger partial charge is 0.0323 e. The summed E-state index contributed by atoms with van der Waals surface area (Å²) in [6.45, 7) is 3.95. The summed E-state index contributed by atoms with van der Waals surface area (Å²) in [6, 6.07) is 6.60. The second-order valence-corrected chi connectivity index (χ2v) is 4.76. The van der Waals surface area contributed by atoms with Gasteiger partial charge in [-0.25, -0.2) is 0 Å². The van der Waals surface area contributed by atoms with E-state index in [0.29, 0.717) is 12.0 Å². The average molecular weight is 219 g/mol. The van der Waals surface area contributed by atoms with E-state index in [1.54, 1.807) is 0 Å². The van der Waals surface area contributed by atoms with E-state index in [1.807, 2.05) is 6.07 Å². The number of aryl methyl sites for hydroxylation is 1. The van der Waals surface area contributed by atoms with E-state index in [0.717, 1.165) is 25.2 Å². The highest BCUT2D eigenvalue weighted by Gasteiger charge is 2.21. The molecule has 0 radical (unpaired) electrons. The third-order valence-corrected chi connectivity index (χ3v) is 3.53. The molecule has 2 atom stereocenters. The summed E-state index contributed by atoms with van der Waals surface area (Å²) in [5.41, 5.74) is 15.0. The quantitative estimate of drug-likeness (QED) is 0.662. The molecular formula is C13H21N3. The molecule has 1 aliphatic rings. The molecule has 88 valence electrons. The standard InChI is InChI=1S/C13H21N3/c1-9-2-4-11(15)6-12(9)13-5-3-10(7-14)8-16-13/h2,4,6,10,13,16H,3,5,7-8,14-15H2,1H3. The van der Waals surface area contributed by atoms with Gasteiger partial charge in [0.25, 0.3) is 0 Å². The Labute approximate surface area is 97.2 Å². The zero-order chi connectivity index (χ0) is 11.5. The minimum Gasteiger partial charge on any atom is -0.399 e. The first-order valence-corrected chi connectivity index (χ1v) is 6.00. The maximum atomic E-state index is 5.84. The summed E-state index contributed by atoms with van der Waals surface area (Å²) < 4.78 is 0. The zero-order valence-electron chi connectivity index (χ0n) is 9.87. The Hall–Kier alpha value is -1.06. The molecule has 16 heavy (non-hydrogen) atoms. The summed E-state index contributed by atoms with van der Waals surface area (Å²) in [5.74, 6) is 0.637. The second-order valence-electron chi connectivity index (χ2n) is 4.76. The van der Waals surface area contributed by atoms with Gasteiger partial charge < -0.3 is 16.8 Å². The molecule has 0 aliphatic carbocycles. The predicted molar refractivity (Wildman–Crippen MR) is 68.1 cm³/mol. The van der Waals surface area contributed by atoms with Crippen LogP contribution in [-0.4, -0.2) is 13.1 Å². The molecular weight excluding hydrogens is 198 g/mol. The van der Waals surface area contributed by atoms with Crippen molar-refractivity contribution in [1.29, 1.82) is 0 Å². The number of nitrogens with two attached hydrogens (primary N) is 2. The van der Waals surface area contributed by atoms with Gasteiger partial charge in [0.2, 0.25) is 0 Å². The number of hydrogen-bond donors (Lipinski definition) is 3. The van der Waals surface area contributed by atoms with Crippen molar-refractivity contribution < 1.29 is 0 Å². The Bertz CT molecular complexity index is 354. The fraction of sp³-hybridized carbons (Fsp3) is 0.538. The molecule has 1 aliphatic heterocycles. The van der Waals surface area contributed by atoms with Crippen molar-refractivity contribution in [2.75, 3.05) is 18.8 Å². The van der Waals surface area contributed by atoms with E-state index in [1.165, 1.54) is 17.5 Å². The Balaban J connectivity index is 2.10. The monoisotopic (exact) mass is 219 g/mol. The Morgan fingerprint density at radius 2 is 2.19 bits per heavy atom. The van der Waals surface area contributed by atoms with Crippen LogP contribution in [0.3, 0.4) is 0 Å². The molecule has 5 N–H and O–H groups in total. The van der Waals surface area contributed by atoms with Gasteiger partial charge in [0, 0.05) is 11.7 Å². The summed E-state index contributed by atoms with van der Waals surface area (Å²) in [5, 5.41) is 3.57. The average Bonchev–Trinajstić information content (AvgIpc) is 2.32. The fourth-order valence-electron chi connectivity index (χ4n) is 2.42. The van der Waals surface area contributed by atoms with Crippen LogP contribution in [0.5, 0.6) is 0 Å². The molecule has 0 aromatic heterocycles. The van der Waals surface area contributed by atoms with E-state index in [4.69, 9.17) is 11.5 Å². The highest BCUT2D eigenvalue weighted by atomic mass is 14.9. The maximum absolute atomic E-state index is 5.84. The summed E-state index contributed by atoms with van der Waals surface area (Å²) in [6.07, 6.45) is 2.37. The Morgan fingerprint density at radius 3 is 2.81 bits per heavy atom. The van der Waals surface area contributed by atoms with Gasteiger partial charge in [0.05, 0.1) is 0 Å². The minimum absolute atomic E-state index is 0.450. The summed E-state index contributed by atoms with van der Waals surface area (Å²) in [7, 11) is 0. The topological polar surface area (TPSA) is 64.1 Å². The molecule has 0 spiro atoms. The summed E-state index contributed by atoms with van der Waals surface area (Å²) in [4.78, 5) is 0. The molecule has 1 fully saturated rings. The third-order valence-electron chi connectivity index (χ3n) is 3.53. The number of nitrogen functional groups attached to an aromatic ring is 1. The van der Waals surface area contributed by atoms with Crippen molar-refractivity contribution >= 4 is 5.69 Å². The lowest BCUT2D eigenvalue weighted by molar-refractivity contribution is 0.319. The molecule has 1 aromatic rings. The number of piperidine rings is 1. The molecule has 1 aromatic carbocycles. The molecule has 0 bridgehead atoms. The first-order chi connectivity index (χ1) is 7.70. The first kappa shape index (κ1) is 11.4. The number of hydrogen-bond acceptors (Lipinski definition) is 3. The van der Waals surface area contributed by atoms with Gasteiger partial charge in [-0.1, -0.05) is 6.07 Å². The van der Waals surface area contributed by atoms with Gasteiger partial charge >= 0.3 is 0 Å². The van der Waals surface area contributed by atoms with E-state index < -0.39 is 0 Å². The molecule has 2 rings (SSSR count).